The summed E-state index contributed by atoms with van der Waals surface area (Å²) >= 11 is 0. The number of aromatic nitrogens is 1. The second kappa shape index (κ2) is 13.1. The van der Waals surface area contributed by atoms with Crippen molar-refractivity contribution in [3.8, 4) is 0 Å². The maximum absolute atomic E-state index is 13.3. The molecule has 0 spiro atoms. The quantitative estimate of drug-likeness (QED) is 0.298. The minimum Gasteiger partial charge on any atom is -0.394 e. The molecular weight excluding hydrogens is 536 g/mol. The molecule has 2 bridgehead atoms. The first-order valence-corrected chi connectivity index (χ1v) is 15.9. The van der Waals surface area contributed by atoms with Crippen LogP contribution in [-0.2, 0) is 14.8 Å². The van der Waals surface area contributed by atoms with Gasteiger partial charge in [0, 0.05) is 43.8 Å². The number of amides is 1. The van der Waals surface area contributed by atoms with Crippen molar-refractivity contribution in [2.24, 2.45) is 0 Å². The molecule has 2 saturated heterocycles. The van der Waals surface area contributed by atoms with Gasteiger partial charge < -0.3 is 24.8 Å². The standard InChI is InChI=1S/C28H42N4O7S/c1-19(2)32-26-7-5-4-6-20(26)14-25(28(32)36)27(35)29-21-15-22-8-9-23(16-21)31(22)18-24(34)17-30(40(3,37)38)10-12-39-13-11-33/h4-7,14,19,21-24,33-34H,8-13,15-18H2,1-3H3,(H,29,35)/t21-,22+,23-,24?. The molecule has 1 unspecified atom stereocenters. The van der Waals surface area contributed by atoms with Gasteiger partial charge >= 0.3 is 0 Å². The van der Waals surface area contributed by atoms with Gasteiger partial charge in [0.15, 0.2) is 0 Å². The number of rotatable bonds is 13. The molecule has 11 nitrogen and oxygen atoms in total. The SMILES string of the molecule is CC(C)n1c(=O)c(C(=O)N[C@H]2C[C@H]3CC[C@@H](C2)N3CC(O)CN(CCOCCO)S(C)(=O)=O)cc2ccccc21. The number of piperidine rings is 1. The number of hydrogen-bond donors (Lipinski definition) is 3. The number of benzene rings is 1. The third-order valence-electron chi connectivity index (χ3n) is 7.95. The highest BCUT2D eigenvalue weighted by molar-refractivity contribution is 7.88. The first kappa shape index (κ1) is 30.6. The average molecular weight is 579 g/mol. The van der Waals surface area contributed by atoms with Gasteiger partial charge in [0.05, 0.1) is 37.7 Å². The zero-order valence-corrected chi connectivity index (χ0v) is 24.3. The van der Waals surface area contributed by atoms with Gasteiger partial charge in [-0.25, -0.2) is 8.42 Å². The Labute approximate surface area is 235 Å². The van der Waals surface area contributed by atoms with Crippen molar-refractivity contribution in [3.63, 3.8) is 0 Å². The van der Waals surface area contributed by atoms with Gasteiger partial charge in [-0.15, -0.1) is 0 Å². The van der Waals surface area contributed by atoms with E-state index >= 15 is 0 Å². The van der Waals surface area contributed by atoms with Crippen molar-refractivity contribution in [1.29, 1.82) is 0 Å². The lowest BCUT2D eigenvalue weighted by atomic mass is 9.96. The summed E-state index contributed by atoms with van der Waals surface area (Å²) in [5.74, 6) is -0.366. The summed E-state index contributed by atoms with van der Waals surface area (Å²) in [4.78, 5) is 28.8. The summed E-state index contributed by atoms with van der Waals surface area (Å²) in [6.07, 6.45) is 3.50. The number of nitrogens with zero attached hydrogens (tertiary/aromatic N) is 3. The van der Waals surface area contributed by atoms with Crippen LogP contribution in [0.3, 0.4) is 0 Å². The number of hydrogen-bond acceptors (Lipinski definition) is 8. The minimum atomic E-state index is -3.54. The van der Waals surface area contributed by atoms with Gasteiger partial charge in [-0.05, 0) is 57.0 Å². The third kappa shape index (κ3) is 7.10. The zero-order chi connectivity index (χ0) is 29.0. The molecule has 1 aromatic carbocycles. The number of carbonyl (C=O) groups is 1. The molecule has 1 amide bonds. The van der Waals surface area contributed by atoms with Crippen molar-refractivity contribution in [2.45, 2.75) is 69.8 Å². The maximum Gasteiger partial charge on any atom is 0.264 e. The molecule has 4 atom stereocenters. The summed E-state index contributed by atoms with van der Waals surface area (Å²) in [6.45, 7) is 4.38. The van der Waals surface area contributed by atoms with Crippen molar-refractivity contribution < 1.29 is 28.2 Å². The van der Waals surface area contributed by atoms with Crippen LogP contribution < -0.4 is 10.9 Å². The number of sulfonamides is 1. The monoisotopic (exact) mass is 578 g/mol. The molecule has 0 radical (unpaired) electrons. The van der Waals surface area contributed by atoms with Crippen LogP contribution >= 0.6 is 0 Å². The fraction of sp³-hybridized carbons (Fsp3) is 0.643. The Kier molecular flexibility index (Phi) is 10.0. The highest BCUT2D eigenvalue weighted by Crippen LogP contribution is 2.36. The van der Waals surface area contributed by atoms with Crippen LogP contribution in [0.5, 0.6) is 0 Å². The highest BCUT2D eigenvalue weighted by atomic mass is 32.2. The second-order valence-corrected chi connectivity index (χ2v) is 13.2. The minimum absolute atomic E-state index is 0.0402. The van der Waals surface area contributed by atoms with Gasteiger partial charge in [0.25, 0.3) is 11.5 Å². The predicted octanol–water partition coefficient (Wildman–Crippen LogP) is 0.939. The summed E-state index contributed by atoms with van der Waals surface area (Å²) < 4.78 is 32.5. The summed E-state index contributed by atoms with van der Waals surface area (Å²) in [5, 5.41) is 23.6. The number of ether oxygens (including phenoxy) is 1. The van der Waals surface area contributed by atoms with Gasteiger partial charge in [-0.2, -0.15) is 4.31 Å². The lowest BCUT2D eigenvalue weighted by Gasteiger charge is -2.40. The first-order valence-electron chi connectivity index (χ1n) is 14.0. The van der Waals surface area contributed by atoms with Gasteiger partial charge in [-0.3, -0.25) is 14.5 Å². The number of carbonyl (C=O) groups excluding carboxylic acids is 1. The summed E-state index contributed by atoms with van der Waals surface area (Å²) in [5.41, 5.74) is 0.643. The number of pyridine rings is 1. The van der Waals surface area contributed by atoms with E-state index in [9.17, 15) is 23.1 Å². The molecule has 4 rings (SSSR count). The fourth-order valence-corrected chi connectivity index (χ4v) is 7.02. The van der Waals surface area contributed by atoms with Crippen LogP contribution in [-0.4, -0.2) is 108 Å². The van der Waals surface area contributed by atoms with E-state index in [4.69, 9.17) is 9.84 Å². The van der Waals surface area contributed by atoms with Gasteiger partial charge in [0.2, 0.25) is 10.0 Å². The average Bonchev–Trinajstić information content (AvgIpc) is 3.11. The summed E-state index contributed by atoms with van der Waals surface area (Å²) in [7, 11) is -3.54. The second-order valence-electron chi connectivity index (χ2n) is 11.2. The highest BCUT2D eigenvalue weighted by Gasteiger charge is 2.42. The van der Waals surface area contributed by atoms with Crippen molar-refractivity contribution >= 4 is 26.8 Å². The Bertz CT molecular complexity index is 1330. The molecule has 3 N–H and O–H groups in total. The largest absolute Gasteiger partial charge is 0.394 e. The van der Waals surface area contributed by atoms with E-state index in [1.165, 1.54) is 4.31 Å². The van der Waals surface area contributed by atoms with Crippen LogP contribution in [0.1, 0.15) is 55.9 Å². The molecule has 1 aromatic heterocycles. The number of para-hydroxylation sites is 1. The Morgan fingerprint density at radius 3 is 2.48 bits per heavy atom. The molecule has 40 heavy (non-hydrogen) atoms. The van der Waals surface area contributed by atoms with Crippen LogP contribution in [0.25, 0.3) is 10.9 Å². The van der Waals surface area contributed by atoms with E-state index in [0.717, 1.165) is 30.0 Å². The van der Waals surface area contributed by atoms with Crippen LogP contribution in [0, 0.1) is 0 Å². The Morgan fingerprint density at radius 1 is 1.18 bits per heavy atom. The Hall–Kier alpha value is -2.35. The molecule has 2 fully saturated rings. The summed E-state index contributed by atoms with van der Waals surface area (Å²) in [6, 6.07) is 9.37. The Morgan fingerprint density at radius 2 is 1.85 bits per heavy atom. The molecule has 222 valence electrons. The van der Waals surface area contributed by atoms with Crippen molar-refractivity contribution in [1.82, 2.24) is 19.1 Å². The van der Waals surface area contributed by atoms with Crippen molar-refractivity contribution in [3.05, 3.63) is 46.2 Å². The molecule has 2 aliphatic heterocycles. The van der Waals surface area contributed by atoms with E-state index < -0.39 is 16.1 Å². The smallest absolute Gasteiger partial charge is 0.264 e. The lowest BCUT2D eigenvalue weighted by molar-refractivity contribution is 0.0376. The molecule has 2 aromatic rings. The zero-order valence-electron chi connectivity index (χ0n) is 23.5. The predicted molar refractivity (Wildman–Crippen MR) is 153 cm³/mol. The lowest BCUT2D eigenvalue weighted by Crippen LogP contribution is -2.53. The molecular formula is C28H42N4O7S. The number of aliphatic hydroxyl groups is 2. The molecule has 0 aliphatic carbocycles. The van der Waals surface area contributed by atoms with E-state index in [2.05, 4.69) is 10.2 Å². The Balaban J connectivity index is 1.38. The number of aliphatic hydroxyl groups excluding tert-OH is 2. The molecule has 2 aliphatic rings. The topological polar surface area (TPSA) is 141 Å². The van der Waals surface area contributed by atoms with Crippen LogP contribution in [0.2, 0.25) is 0 Å². The third-order valence-corrected chi connectivity index (χ3v) is 9.22. The van der Waals surface area contributed by atoms with Crippen LogP contribution in [0.4, 0.5) is 0 Å². The fourth-order valence-electron chi connectivity index (χ4n) is 6.18. The first-order chi connectivity index (χ1) is 19.0. The molecule has 3 heterocycles. The van der Waals surface area contributed by atoms with Crippen LogP contribution in [0.15, 0.2) is 35.1 Å². The van der Waals surface area contributed by atoms with Crippen molar-refractivity contribution in [2.75, 3.05) is 45.7 Å². The van der Waals surface area contributed by atoms with Gasteiger partial charge in [0.1, 0.15) is 5.56 Å². The normalized spacial score (nSPS) is 22.3. The number of fused-ring (bicyclic) bond motifs is 3. The molecule has 0 saturated carbocycles. The van der Waals surface area contributed by atoms with E-state index in [1.807, 2.05) is 38.1 Å². The van der Waals surface area contributed by atoms with E-state index in [1.54, 1.807) is 10.6 Å². The maximum atomic E-state index is 13.3. The van der Waals surface area contributed by atoms with E-state index in [-0.39, 0.29) is 74.1 Å². The van der Waals surface area contributed by atoms with Gasteiger partial charge in [-0.1, -0.05) is 18.2 Å². The molecule has 12 heteroatoms. The van der Waals surface area contributed by atoms with E-state index in [0.29, 0.717) is 19.4 Å². The number of nitrogens with one attached hydrogen (secondary N) is 1.